The number of carbonyl (C=O) groups is 1. The molecule has 4 heteroatoms. The second-order valence-electron chi connectivity index (χ2n) is 3.26. The van der Waals surface area contributed by atoms with Crippen LogP contribution in [0.5, 0.6) is 0 Å². The van der Waals surface area contributed by atoms with Gasteiger partial charge in [-0.3, -0.25) is 4.98 Å². The quantitative estimate of drug-likeness (QED) is 0.589. The van der Waals surface area contributed by atoms with Crippen molar-refractivity contribution in [2.75, 3.05) is 6.61 Å². The van der Waals surface area contributed by atoms with E-state index < -0.39 is 0 Å². The number of hydrogen-bond donors (Lipinski definition) is 1. The summed E-state index contributed by atoms with van der Waals surface area (Å²) >= 11 is 0. The highest BCUT2D eigenvalue weighted by Crippen LogP contribution is 2.11. The summed E-state index contributed by atoms with van der Waals surface area (Å²) in [6, 6.07) is 5.73. The minimum Gasteiger partial charge on any atom is -0.462 e. The number of carbonyl (C=O) groups excluding carboxylic acids is 1. The van der Waals surface area contributed by atoms with Gasteiger partial charge in [0, 0.05) is 18.8 Å². The maximum Gasteiger partial charge on any atom is 0.335 e. The van der Waals surface area contributed by atoms with E-state index in [9.17, 15) is 4.79 Å². The molecule has 0 bridgehead atoms. The molecule has 0 saturated carbocycles. The van der Waals surface area contributed by atoms with E-state index in [2.05, 4.69) is 10.3 Å². The maximum absolute atomic E-state index is 11.1. The molecule has 1 aliphatic rings. The van der Waals surface area contributed by atoms with Crippen molar-refractivity contribution in [3.63, 3.8) is 0 Å². The first-order valence-corrected chi connectivity index (χ1v) is 4.86. The third-order valence-corrected chi connectivity index (χ3v) is 2.15. The van der Waals surface area contributed by atoms with Crippen LogP contribution in [-0.2, 0) is 16.1 Å². The summed E-state index contributed by atoms with van der Waals surface area (Å²) in [6.45, 7) is 1.12. The standard InChI is InChI=1S/C11H12N2O2/c14-11-9(4-6-15-11)7-12-8-10-3-1-2-5-13-10/h1-3,5,7,12H,4,6,8H2. The lowest BCUT2D eigenvalue weighted by atomic mass is 10.2. The molecule has 2 rings (SSSR count). The van der Waals surface area contributed by atoms with Gasteiger partial charge in [0.2, 0.25) is 0 Å². The summed E-state index contributed by atoms with van der Waals surface area (Å²) in [6.07, 6.45) is 4.14. The number of hydrogen-bond acceptors (Lipinski definition) is 4. The van der Waals surface area contributed by atoms with Crippen LogP contribution in [0.15, 0.2) is 36.2 Å². The van der Waals surface area contributed by atoms with Crippen molar-refractivity contribution in [3.8, 4) is 0 Å². The van der Waals surface area contributed by atoms with Gasteiger partial charge in [0.05, 0.1) is 24.4 Å². The first-order chi connectivity index (χ1) is 7.36. The smallest absolute Gasteiger partial charge is 0.335 e. The van der Waals surface area contributed by atoms with Crippen LogP contribution in [0, 0.1) is 0 Å². The van der Waals surface area contributed by atoms with Crippen LogP contribution in [0.25, 0.3) is 0 Å². The van der Waals surface area contributed by atoms with E-state index in [1.165, 1.54) is 0 Å². The highest BCUT2D eigenvalue weighted by Gasteiger charge is 2.17. The Balaban J connectivity index is 1.87. The highest BCUT2D eigenvalue weighted by atomic mass is 16.5. The summed E-state index contributed by atoms with van der Waals surface area (Å²) in [4.78, 5) is 15.2. The normalized spacial score (nSPS) is 17.9. The Morgan fingerprint density at radius 2 is 2.47 bits per heavy atom. The number of esters is 1. The van der Waals surface area contributed by atoms with E-state index in [1.807, 2.05) is 18.2 Å². The highest BCUT2D eigenvalue weighted by molar-refractivity contribution is 5.90. The summed E-state index contributed by atoms with van der Waals surface area (Å²) in [5.74, 6) is -0.219. The summed E-state index contributed by atoms with van der Waals surface area (Å²) in [7, 11) is 0. The van der Waals surface area contributed by atoms with E-state index in [1.54, 1.807) is 12.4 Å². The maximum atomic E-state index is 11.1. The molecule has 2 heterocycles. The zero-order valence-corrected chi connectivity index (χ0v) is 8.27. The third-order valence-electron chi connectivity index (χ3n) is 2.15. The molecule has 1 N–H and O–H groups in total. The fraction of sp³-hybridized carbons (Fsp3) is 0.273. The third kappa shape index (κ3) is 2.56. The first kappa shape index (κ1) is 9.71. The van der Waals surface area contributed by atoms with Gasteiger partial charge in [-0.15, -0.1) is 0 Å². The molecule has 4 nitrogen and oxygen atoms in total. The SMILES string of the molecule is O=C1OCCC1=CNCc1ccccn1. The lowest BCUT2D eigenvalue weighted by molar-refractivity contribution is -0.135. The molecule has 0 unspecified atom stereocenters. The lowest BCUT2D eigenvalue weighted by Crippen LogP contribution is -2.08. The number of cyclic esters (lactones) is 1. The van der Waals surface area contributed by atoms with E-state index in [0.29, 0.717) is 25.1 Å². The number of pyridine rings is 1. The summed E-state index contributed by atoms with van der Waals surface area (Å²) in [5, 5.41) is 3.05. The minimum absolute atomic E-state index is 0.219. The van der Waals surface area contributed by atoms with Crippen LogP contribution >= 0.6 is 0 Å². The van der Waals surface area contributed by atoms with Gasteiger partial charge in [-0.2, -0.15) is 0 Å². The van der Waals surface area contributed by atoms with Crippen molar-refractivity contribution in [2.45, 2.75) is 13.0 Å². The van der Waals surface area contributed by atoms with Gasteiger partial charge < -0.3 is 10.1 Å². The van der Waals surface area contributed by atoms with E-state index in [0.717, 1.165) is 5.69 Å². The van der Waals surface area contributed by atoms with Gasteiger partial charge in [0.25, 0.3) is 0 Å². The van der Waals surface area contributed by atoms with E-state index >= 15 is 0 Å². The van der Waals surface area contributed by atoms with Crippen molar-refractivity contribution in [3.05, 3.63) is 41.9 Å². The van der Waals surface area contributed by atoms with Gasteiger partial charge in [0.1, 0.15) is 0 Å². The molecule has 1 saturated heterocycles. The molecule has 1 aromatic rings. The van der Waals surface area contributed by atoms with Gasteiger partial charge >= 0.3 is 5.97 Å². The Kier molecular flexibility index (Phi) is 2.97. The van der Waals surface area contributed by atoms with Gasteiger partial charge in [-0.05, 0) is 12.1 Å². The minimum atomic E-state index is -0.219. The average molecular weight is 204 g/mol. The molecular formula is C11H12N2O2. The molecule has 15 heavy (non-hydrogen) atoms. The van der Waals surface area contributed by atoms with Crippen LogP contribution in [0.3, 0.4) is 0 Å². The van der Waals surface area contributed by atoms with Gasteiger partial charge in [-0.25, -0.2) is 4.79 Å². The first-order valence-electron chi connectivity index (χ1n) is 4.86. The Morgan fingerprint density at radius 3 is 3.13 bits per heavy atom. The number of ether oxygens (including phenoxy) is 1. The Bertz CT molecular complexity index is 373. The zero-order valence-electron chi connectivity index (χ0n) is 8.27. The molecular weight excluding hydrogens is 192 g/mol. The van der Waals surface area contributed by atoms with Crippen LogP contribution in [0.4, 0.5) is 0 Å². The van der Waals surface area contributed by atoms with Crippen LogP contribution in [0.1, 0.15) is 12.1 Å². The Labute approximate surface area is 88.0 Å². The van der Waals surface area contributed by atoms with Gasteiger partial charge in [-0.1, -0.05) is 6.07 Å². The fourth-order valence-electron chi connectivity index (χ4n) is 1.36. The molecule has 0 aliphatic carbocycles. The van der Waals surface area contributed by atoms with Crippen molar-refractivity contribution in [2.24, 2.45) is 0 Å². The topological polar surface area (TPSA) is 51.2 Å². The molecule has 1 aromatic heterocycles. The second-order valence-corrected chi connectivity index (χ2v) is 3.26. The van der Waals surface area contributed by atoms with Crippen molar-refractivity contribution in [1.29, 1.82) is 0 Å². The molecule has 0 radical (unpaired) electrons. The molecule has 0 amide bonds. The Morgan fingerprint density at radius 1 is 1.53 bits per heavy atom. The lowest BCUT2D eigenvalue weighted by Gasteiger charge is -2.00. The number of nitrogens with zero attached hydrogens (tertiary/aromatic N) is 1. The van der Waals surface area contributed by atoms with Gasteiger partial charge in [0.15, 0.2) is 0 Å². The second kappa shape index (κ2) is 4.59. The van der Waals surface area contributed by atoms with E-state index in [4.69, 9.17) is 4.74 Å². The largest absolute Gasteiger partial charge is 0.462 e. The molecule has 0 atom stereocenters. The molecule has 0 spiro atoms. The van der Waals surface area contributed by atoms with Crippen LogP contribution < -0.4 is 5.32 Å². The summed E-state index contributed by atoms with van der Waals surface area (Å²) in [5.41, 5.74) is 1.65. The number of rotatable bonds is 3. The van der Waals surface area contributed by atoms with Crippen molar-refractivity contribution in [1.82, 2.24) is 10.3 Å². The summed E-state index contributed by atoms with van der Waals surface area (Å²) < 4.78 is 4.81. The predicted molar refractivity (Wildman–Crippen MR) is 54.7 cm³/mol. The number of aromatic nitrogens is 1. The molecule has 1 aliphatic heterocycles. The van der Waals surface area contributed by atoms with Crippen LogP contribution in [-0.4, -0.2) is 17.6 Å². The van der Waals surface area contributed by atoms with Crippen molar-refractivity contribution < 1.29 is 9.53 Å². The monoisotopic (exact) mass is 204 g/mol. The number of nitrogens with one attached hydrogen (secondary N) is 1. The zero-order chi connectivity index (χ0) is 10.5. The van der Waals surface area contributed by atoms with Crippen LogP contribution in [0.2, 0.25) is 0 Å². The van der Waals surface area contributed by atoms with E-state index in [-0.39, 0.29) is 5.97 Å². The molecule has 0 aromatic carbocycles. The molecule has 78 valence electrons. The fourth-order valence-corrected chi connectivity index (χ4v) is 1.36. The molecule has 1 fully saturated rings. The van der Waals surface area contributed by atoms with Crippen molar-refractivity contribution >= 4 is 5.97 Å². The average Bonchev–Trinajstić information content (AvgIpc) is 2.66. The predicted octanol–water partition coefficient (Wildman–Crippen LogP) is 1.00. The Hall–Kier alpha value is -1.84.